The van der Waals surface area contributed by atoms with Crippen LogP contribution in [-0.4, -0.2) is 41.1 Å². The molecule has 2 rings (SSSR count). The van der Waals surface area contributed by atoms with Crippen LogP contribution in [0.4, 0.5) is 4.79 Å². The molecular formula is C14H24N2O3. The van der Waals surface area contributed by atoms with Gasteiger partial charge in [-0.25, -0.2) is 4.79 Å². The van der Waals surface area contributed by atoms with Gasteiger partial charge in [0.1, 0.15) is 0 Å². The van der Waals surface area contributed by atoms with Gasteiger partial charge in [-0.1, -0.05) is 20.3 Å². The van der Waals surface area contributed by atoms with E-state index in [2.05, 4.69) is 19.2 Å². The fourth-order valence-corrected chi connectivity index (χ4v) is 3.19. The number of amides is 2. The van der Waals surface area contributed by atoms with E-state index in [0.29, 0.717) is 18.3 Å². The van der Waals surface area contributed by atoms with E-state index >= 15 is 0 Å². The van der Waals surface area contributed by atoms with Crippen molar-refractivity contribution in [2.45, 2.75) is 45.6 Å². The highest BCUT2D eigenvalue weighted by Gasteiger charge is 2.36. The van der Waals surface area contributed by atoms with Crippen molar-refractivity contribution < 1.29 is 14.7 Å². The number of nitrogens with zero attached hydrogens (tertiary/aromatic N) is 1. The summed E-state index contributed by atoms with van der Waals surface area (Å²) in [6, 6.07) is -0.274. The smallest absolute Gasteiger partial charge is 0.317 e. The van der Waals surface area contributed by atoms with E-state index in [-0.39, 0.29) is 12.1 Å². The highest BCUT2D eigenvalue weighted by atomic mass is 16.4. The SMILES string of the molecule is CC(C)C1CCN(C(=O)NC2CCCC2C(=O)O)C1. The topological polar surface area (TPSA) is 69.6 Å². The molecule has 3 unspecified atom stereocenters. The van der Waals surface area contributed by atoms with E-state index in [4.69, 9.17) is 5.11 Å². The second kappa shape index (κ2) is 5.80. The number of hydrogen-bond acceptors (Lipinski definition) is 2. The van der Waals surface area contributed by atoms with Crippen LogP contribution in [0.3, 0.4) is 0 Å². The van der Waals surface area contributed by atoms with Gasteiger partial charge < -0.3 is 15.3 Å². The predicted octanol–water partition coefficient (Wildman–Crippen LogP) is 1.93. The molecule has 3 atom stereocenters. The molecule has 0 spiro atoms. The van der Waals surface area contributed by atoms with E-state index < -0.39 is 11.9 Å². The first-order valence-corrected chi connectivity index (χ1v) is 7.27. The lowest BCUT2D eigenvalue weighted by Gasteiger charge is -2.23. The Bertz CT molecular complexity index is 357. The molecule has 108 valence electrons. The van der Waals surface area contributed by atoms with Crippen molar-refractivity contribution in [2.24, 2.45) is 17.8 Å². The zero-order valence-corrected chi connectivity index (χ0v) is 11.8. The highest BCUT2D eigenvalue weighted by molar-refractivity contribution is 5.77. The Balaban J connectivity index is 1.86. The first-order valence-electron chi connectivity index (χ1n) is 7.27. The fourth-order valence-electron chi connectivity index (χ4n) is 3.19. The molecule has 2 amide bonds. The number of hydrogen-bond donors (Lipinski definition) is 2. The van der Waals surface area contributed by atoms with Crippen LogP contribution in [0.2, 0.25) is 0 Å². The monoisotopic (exact) mass is 268 g/mol. The Kier molecular flexibility index (Phi) is 4.32. The number of rotatable bonds is 3. The van der Waals surface area contributed by atoms with Crippen LogP contribution in [-0.2, 0) is 4.79 Å². The molecule has 0 aromatic heterocycles. The van der Waals surface area contributed by atoms with Gasteiger partial charge in [-0.15, -0.1) is 0 Å². The van der Waals surface area contributed by atoms with Crippen LogP contribution in [0.5, 0.6) is 0 Å². The lowest BCUT2D eigenvalue weighted by Crippen LogP contribution is -2.46. The second-order valence-corrected chi connectivity index (χ2v) is 6.17. The van der Waals surface area contributed by atoms with Gasteiger partial charge in [-0.05, 0) is 31.1 Å². The third-order valence-corrected chi connectivity index (χ3v) is 4.60. The number of carboxylic acid groups (broad SMARTS) is 1. The van der Waals surface area contributed by atoms with Gasteiger partial charge in [-0.3, -0.25) is 4.79 Å². The zero-order chi connectivity index (χ0) is 14.0. The van der Waals surface area contributed by atoms with Gasteiger partial charge in [0, 0.05) is 19.1 Å². The van der Waals surface area contributed by atoms with Gasteiger partial charge in [0.2, 0.25) is 0 Å². The molecule has 2 N–H and O–H groups in total. The lowest BCUT2D eigenvalue weighted by atomic mass is 9.95. The van der Waals surface area contributed by atoms with Crippen LogP contribution in [0.25, 0.3) is 0 Å². The normalized spacial score (nSPS) is 30.9. The molecule has 0 bridgehead atoms. The molecule has 1 heterocycles. The lowest BCUT2D eigenvalue weighted by molar-refractivity contribution is -0.142. The molecule has 2 aliphatic rings. The molecule has 0 aromatic carbocycles. The molecule has 2 fully saturated rings. The van der Waals surface area contributed by atoms with E-state index in [1.54, 1.807) is 0 Å². The van der Waals surface area contributed by atoms with Crippen molar-refractivity contribution in [3.8, 4) is 0 Å². The highest BCUT2D eigenvalue weighted by Crippen LogP contribution is 2.27. The largest absolute Gasteiger partial charge is 0.481 e. The molecule has 1 saturated carbocycles. The number of likely N-dealkylation sites (tertiary alicyclic amines) is 1. The van der Waals surface area contributed by atoms with Crippen LogP contribution in [0.15, 0.2) is 0 Å². The third kappa shape index (κ3) is 3.19. The number of carbonyl (C=O) groups excluding carboxylic acids is 1. The van der Waals surface area contributed by atoms with Gasteiger partial charge in [-0.2, -0.15) is 0 Å². The fraction of sp³-hybridized carbons (Fsp3) is 0.857. The summed E-state index contributed by atoms with van der Waals surface area (Å²) in [4.78, 5) is 25.1. The standard InChI is InChI=1S/C14H24N2O3/c1-9(2)10-6-7-16(8-10)14(19)15-12-5-3-4-11(12)13(17)18/h9-12H,3-8H2,1-2H3,(H,15,19)(H,17,18). The van der Waals surface area contributed by atoms with Gasteiger partial charge in [0.15, 0.2) is 0 Å². The van der Waals surface area contributed by atoms with Gasteiger partial charge in [0.25, 0.3) is 0 Å². The minimum absolute atomic E-state index is 0.0821. The molecular weight excluding hydrogens is 244 g/mol. The summed E-state index contributed by atoms with van der Waals surface area (Å²) in [6.45, 7) is 5.96. The van der Waals surface area contributed by atoms with E-state index in [1.165, 1.54) is 0 Å². The summed E-state index contributed by atoms with van der Waals surface area (Å²) in [5, 5.41) is 12.0. The van der Waals surface area contributed by atoms with Crippen molar-refractivity contribution >= 4 is 12.0 Å². The second-order valence-electron chi connectivity index (χ2n) is 6.17. The molecule has 0 aromatic rings. The number of aliphatic carboxylic acids is 1. The Morgan fingerprint density at radius 2 is 2.00 bits per heavy atom. The minimum atomic E-state index is -0.788. The van der Waals surface area contributed by atoms with E-state index in [1.807, 2.05) is 4.90 Å². The summed E-state index contributed by atoms with van der Waals surface area (Å²) in [6.07, 6.45) is 3.40. The van der Waals surface area contributed by atoms with Crippen molar-refractivity contribution in [2.75, 3.05) is 13.1 Å². The molecule has 5 nitrogen and oxygen atoms in total. The zero-order valence-electron chi connectivity index (χ0n) is 11.8. The van der Waals surface area contributed by atoms with Crippen LogP contribution in [0, 0.1) is 17.8 Å². The minimum Gasteiger partial charge on any atom is -0.481 e. The first kappa shape index (κ1) is 14.2. The molecule has 1 saturated heterocycles. The van der Waals surface area contributed by atoms with E-state index in [0.717, 1.165) is 32.4 Å². The summed E-state index contributed by atoms with van der Waals surface area (Å²) in [7, 11) is 0. The molecule has 19 heavy (non-hydrogen) atoms. The maximum atomic E-state index is 12.2. The maximum Gasteiger partial charge on any atom is 0.317 e. The van der Waals surface area contributed by atoms with Crippen molar-refractivity contribution in [1.29, 1.82) is 0 Å². The summed E-state index contributed by atoms with van der Waals surface area (Å²) in [5.41, 5.74) is 0. The predicted molar refractivity (Wildman–Crippen MR) is 71.8 cm³/mol. The quantitative estimate of drug-likeness (QED) is 0.821. The Labute approximate surface area is 114 Å². The molecule has 5 heteroatoms. The number of carbonyl (C=O) groups is 2. The average molecular weight is 268 g/mol. The van der Waals surface area contributed by atoms with Crippen LogP contribution < -0.4 is 5.32 Å². The third-order valence-electron chi connectivity index (χ3n) is 4.60. The van der Waals surface area contributed by atoms with E-state index in [9.17, 15) is 9.59 Å². The summed E-state index contributed by atoms with van der Waals surface area (Å²) >= 11 is 0. The average Bonchev–Trinajstić information content (AvgIpc) is 2.96. The Morgan fingerprint density at radius 1 is 1.26 bits per heavy atom. The molecule has 1 aliphatic heterocycles. The van der Waals surface area contributed by atoms with Gasteiger partial charge >= 0.3 is 12.0 Å². The molecule has 1 aliphatic carbocycles. The molecule has 0 radical (unpaired) electrons. The van der Waals surface area contributed by atoms with Crippen molar-refractivity contribution in [1.82, 2.24) is 10.2 Å². The Hall–Kier alpha value is -1.26. The van der Waals surface area contributed by atoms with Crippen molar-refractivity contribution in [3.05, 3.63) is 0 Å². The van der Waals surface area contributed by atoms with Crippen molar-refractivity contribution in [3.63, 3.8) is 0 Å². The number of carboxylic acids is 1. The number of urea groups is 1. The van der Waals surface area contributed by atoms with Crippen LogP contribution in [0.1, 0.15) is 39.5 Å². The maximum absolute atomic E-state index is 12.2. The summed E-state index contributed by atoms with van der Waals surface area (Å²) in [5.74, 6) is -0.0302. The number of nitrogens with one attached hydrogen (secondary N) is 1. The van der Waals surface area contributed by atoms with Crippen LogP contribution >= 0.6 is 0 Å². The summed E-state index contributed by atoms with van der Waals surface area (Å²) < 4.78 is 0. The first-order chi connectivity index (χ1) is 8.99. The van der Waals surface area contributed by atoms with Gasteiger partial charge in [0.05, 0.1) is 5.92 Å². The Morgan fingerprint density at radius 3 is 2.58 bits per heavy atom.